The van der Waals surface area contributed by atoms with E-state index in [0.717, 1.165) is 34.7 Å². The van der Waals surface area contributed by atoms with Gasteiger partial charge in [0.25, 0.3) is 0 Å². The zero-order chi connectivity index (χ0) is 15.5. The van der Waals surface area contributed by atoms with E-state index in [-0.39, 0.29) is 5.91 Å². The van der Waals surface area contributed by atoms with E-state index >= 15 is 0 Å². The van der Waals surface area contributed by atoms with Crippen LogP contribution in [0.1, 0.15) is 18.4 Å². The summed E-state index contributed by atoms with van der Waals surface area (Å²) in [6, 6.07) is 6.12. The van der Waals surface area contributed by atoms with Crippen LogP contribution in [0.5, 0.6) is 0 Å². The lowest BCUT2D eigenvalue weighted by Gasteiger charge is -2.29. The van der Waals surface area contributed by atoms with Crippen molar-refractivity contribution in [3.8, 4) is 0 Å². The summed E-state index contributed by atoms with van der Waals surface area (Å²) in [5.41, 5.74) is 2.28. The molecule has 22 heavy (non-hydrogen) atoms. The Balaban J connectivity index is 1.63. The molecule has 0 bridgehead atoms. The van der Waals surface area contributed by atoms with Gasteiger partial charge in [0, 0.05) is 35.9 Å². The first-order valence-corrected chi connectivity index (χ1v) is 8.87. The van der Waals surface area contributed by atoms with Gasteiger partial charge in [-0.1, -0.05) is 27.7 Å². The van der Waals surface area contributed by atoms with Crippen molar-refractivity contribution in [1.29, 1.82) is 0 Å². The molecular weight excluding hydrogens is 366 g/mol. The highest BCUT2D eigenvalue weighted by Gasteiger charge is 2.22. The Labute approximate surface area is 141 Å². The number of halogens is 1. The summed E-state index contributed by atoms with van der Waals surface area (Å²) in [5.74, 6) is 0.834. The van der Waals surface area contributed by atoms with Gasteiger partial charge in [-0.3, -0.25) is 4.79 Å². The number of tetrazole rings is 1. The number of rotatable bonds is 4. The number of carbonyl (C=O) groups is 1. The van der Waals surface area contributed by atoms with E-state index in [9.17, 15) is 4.79 Å². The van der Waals surface area contributed by atoms with E-state index < -0.39 is 0 Å². The number of carbonyl (C=O) groups excluding carboxylic acids is 1. The molecule has 0 spiro atoms. The predicted molar refractivity (Wildman–Crippen MR) is 89.0 cm³/mol. The molecule has 0 saturated heterocycles. The molecule has 0 radical (unpaired) electrons. The average molecular weight is 382 g/mol. The quantitative estimate of drug-likeness (QED) is 0.760. The predicted octanol–water partition coefficient (Wildman–Crippen LogP) is 2.43. The molecule has 8 heteroatoms. The lowest BCUT2D eigenvalue weighted by atomic mass is 10.0. The molecule has 2 heterocycles. The van der Waals surface area contributed by atoms with Crippen molar-refractivity contribution >= 4 is 39.3 Å². The number of thioether (sulfide) groups is 1. The average Bonchev–Trinajstić information content (AvgIpc) is 2.91. The van der Waals surface area contributed by atoms with Crippen LogP contribution in [0.3, 0.4) is 0 Å². The Morgan fingerprint density at radius 1 is 1.45 bits per heavy atom. The minimum absolute atomic E-state index is 0.158. The van der Waals surface area contributed by atoms with Gasteiger partial charge >= 0.3 is 0 Å². The minimum atomic E-state index is 0.158. The van der Waals surface area contributed by atoms with Crippen molar-refractivity contribution in [2.24, 2.45) is 7.05 Å². The van der Waals surface area contributed by atoms with E-state index in [0.29, 0.717) is 12.2 Å². The maximum absolute atomic E-state index is 12.5. The summed E-state index contributed by atoms with van der Waals surface area (Å²) in [4.78, 5) is 14.4. The molecule has 0 atom stereocenters. The zero-order valence-electron chi connectivity index (χ0n) is 12.2. The first-order valence-electron chi connectivity index (χ1n) is 7.09. The number of amides is 1. The first kappa shape index (κ1) is 15.5. The Kier molecular flexibility index (Phi) is 4.77. The molecule has 1 aliphatic rings. The fourth-order valence-corrected chi connectivity index (χ4v) is 3.72. The molecule has 1 aliphatic heterocycles. The Morgan fingerprint density at radius 2 is 2.32 bits per heavy atom. The smallest absolute Gasteiger partial charge is 0.227 e. The number of nitrogens with zero attached hydrogens (tertiary/aromatic N) is 5. The van der Waals surface area contributed by atoms with Crippen LogP contribution in [-0.4, -0.2) is 38.4 Å². The third-order valence-electron chi connectivity index (χ3n) is 3.59. The van der Waals surface area contributed by atoms with Crippen molar-refractivity contribution in [1.82, 2.24) is 20.2 Å². The first-order chi connectivity index (χ1) is 10.6. The summed E-state index contributed by atoms with van der Waals surface area (Å²) in [6.07, 6.45) is 2.51. The van der Waals surface area contributed by atoms with Crippen LogP contribution in [0.15, 0.2) is 27.8 Å². The summed E-state index contributed by atoms with van der Waals surface area (Å²) >= 11 is 4.99. The topological polar surface area (TPSA) is 63.9 Å². The molecule has 6 nitrogen and oxygen atoms in total. The number of fused-ring (bicyclic) bond motifs is 1. The lowest BCUT2D eigenvalue weighted by molar-refractivity contribution is -0.118. The summed E-state index contributed by atoms with van der Waals surface area (Å²) in [5, 5.41) is 12.0. The van der Waals surface area contributed by atoms with Crippen molar-refractivity contribution in [3.05, 3.63) is 28.2 Å². The second-order valence-electron chi connectivity index (χ2n) is 5.11. The monoisotopic (exact) mass is 381 g/mol. The van der Waals surface area contributed by atoms with Gasteiger partial charge in [0.15, 0.2) is 0 Å². The number of aromatic nitrogens is 4. The van der Waals surface area contributed by atoms with Crippen LogP contribution in [0, 0.1) is 0 Å². The summed E-state index contributed by atoms with van der Waals surface area (Å²) in [7, 11) is 1.79. The van der Waals surface area contributed by atoms with Crippen LogP contribution in [0.2, 0.25) is 0 Å². The van der Waals surface area contributed by atoms with Crippen LogP contribution in [0.4, 0.5) is 5.69 Å². The highest BCUT2D eigenvalue weighted by molar-refractivity contribution is 9.10. The molecule has 0 N–H and O–H groups in total. The van der Waals surface area contributed by atoms with Crippen LogP contribution in [0.25, 0.3) is 0 Å². The normalized spacial score (nSPS) is 14.0. The van der Waals surface area contributed by atoms with E-state index in [1.165, 1.54) is 17.3 Å². The minimum Gasteiger partial charge on any atom is -0.312 e. The van der Waals surface area contributed by atoms with Gasteiger partial charge in [-0.15, -0.1) is 5.10 Å². The Morgan fingerprint density at radius 3 is 3.09 bits per heavy atom. The van der Waals surface area contributed by atoms with Gasteiger partial charge in [-0.25, -0.2) is 4.68 Å². The van der Waals surface area contributed by atoms with Gasteiger partial charge in [-0.2, -0.15) is 0 Å². The van der Waals surface area contributed by atoms with Gasteiger partial charge in [0.05, 0.1) is 0 Å². The highest BCUT2D eigenvalue weighted by Crippen LogP contribution is 2.30. The molecular formula is C14H16BrN5OS. The highest BCUT2D eigenvalue weighted by atomic mass is 79.9. The molecule has 1 amide bonds. The molecule has 2 aromatic rings. The van der Waals surface area contributed by atoms with Gasteiger partial charge in [-0.05, 0) is 47.0 Å². The molecule has 116 valence electrons. The number of hydrogen-bond donors (Lipinski definition) is 0. The number of anilines is 1. The number of aryl methyl sites for hydroxylation is 2. The van der Waals surface area contributed by atoms with Gasteiger partial charge in [0.1, 0.15) is 0 Å². The van der Waals surface area contributed by atoms with E-state index in [4.69, 9.17) is 0 Å². The third kappa shape index (κ3) is 3.33. The molecule has 1 aromatic heterocycles. The van der Waals surface area contributed by atoms with Crippen molar-refractivity contribution in [2.75, 3.05) is 17.2 Å². The third-order valence-corrected chi connectivity index (χ3v) is 5.10. The molecule has 0 saturated carbocycles. The summed E-state index contributed by atoms with van der Waals surface area (Å²) < 4.78 is 2.67. The second kappa shape index (κ2) is 6.78. The molecule has 0 unspecified atom stereocenters. The fourth-order valence-electron chi connectivity index (χ4n) is 2.53. The SMILES string of the molecule is Cn1nnnc1SCCC(=O)N1CCCc2cc(Br)ccc21. The Bertz CT molecular complexity index is 690. The van der Waals surface area contributed by atoms with Gasteiger partial charge in [0.2, 0.25) is 11.1 Å². The number of hydrogen-bond acceptors (Lipinski definition) is 5. The van der Waals surface area contributed by atoms with Crippen molar-refractivity contribution in [3.63, 3.8) is 0 Å². The van der Waals surface area contributed by atoms with Gasteiger partial charge < -0.3 is 4.90 Å². The maximum atomic E-state index is 12.5. The second-order valence-corrected chi connectivity index (χ2v) is 7.08. The maximum Gasteiger partial charge on any atom is 0.227 e. The van der Waals surface area contributed by atoms with E-state index in [1.54, 1.807) is 11.7 Å². The van der Waals surface area contributed by atoms with E-state index in [2.05, 4.69) is 37.5 Å². The molecule has 0 fully saturated rings. The lowest BCUT2D eigenvalue weighted by Crippen LogP contribution is -2.35. The molecule has 3 rings (SSSR count). The van der Waals surface area contributed by atoms with Crippen LogP contribution in [-0.2, 0) is 18.3 Å². The van der Waals surface area contributed by atoms with Crippen molar-refractivity contribution < 1.29 is 4.79 Å². The van der Waals surface area contributed by atoms with Crippen LogP contribution >= 0.6 is 27.7 Å². The molecule has 0 aliphatic carbocycles. The standard InChI is InChI=1S/C14H16BrN5OS/c1-19-14(16-17-18-19)22-8-6-13(21)20-7-2-3-10-9-11(15)4-5-12(10)20/h4-5,9H,2-3,6-8H2,1H3. The molecule has 1 aromatic carbocycles. The number of benzene rings is 1. The van der Waals surface area contributed by atoms with E-state index in [1.807, 2.05) is 17.0 Å². The Hall–Kier alpha value is -1.41. The largest absolute Gasteiger partial charge is 0.312 e. The fraction of sp³-hybridized carbons (Fsp3) is 0.429. The zero-order valence-corrected chi connectivity index (χ0v) is 14.6. The van der Waals surface area contributed by atoms with Crippen LogP contribution < -0.4 is 4.90 Å². The van der Waals surface area contributed by atoms with Crippen molar-refractivity contribution in [2.45, 2.75) is 24.4 Å². The summed E-state index contributed by atoms with van der Waals surface area (Å²) in [6.45, 7) is 0.795.